The smallest absolute Gasteiger partial charge is 0.319 e. The number of benzene rings is 2. The van der Waals surface area contributed by atoms with Gasteiger partial charge in [0.25, 0.3) is 0 Å². The third kappa shape index (κ3) is 5.72. The Labute approximate surface area is 166 Å². The number of ether oxygens (including phenoxy) is 1. The van der Waals surface area contributed by atoms with E-state index < -0.39 is 17.9 Å². The summed E-state index contributed by atoms with van der Waals surface area (Å²) in [6.45, 7) is 0.0709. The van der Waals surface area contributed by atoms with E-state index in [1.807, 2.05) is 24.3 Å². The Morgan fingerprint density at radius 3 is 2.59 bits per heavy atom. The Bertz CT molecular complexity index is 930. The van der Waals surface area contributed by atoms with Gasteiger partial charge in [-0.25, -0.2) is 9.18 Å². The molecule has 152 valence electrons. The maximum absolute atomic E-state index is 13.0. The van der Waals surface area contributed by atoms with Crippen molar-refractivity contribution in [1.29, 1.82) is 0 Å². The molecule has 10 heteroatoms. The monoisotopic (exact) mass is 400 g/mol. The zero-order chi connectivity index (χ0) is 20.6. The average Bonchev–Trinajstić information content (AvgIpc) is 3.19. The molecule has 0 saturated carbocycles. The molecule has 1 heterocycles. The molecule has 2 aromatic carbocycles. The van der Waals surface area contributed by atoms with Crippen molar-refractivity contribution in [2.75, 3.05) is 19.0 Å². The predicted octanol–water partition coefficient (Wildman–Crippen LogP) is 1.92. The first-order chi connectivity index (χ1) is 14.1. The lowest BCUT2D eigenvalue weighted by Gasteiger charge is -2.16. The summed E-state index contributed by atoms with van der Waals surface area (Å²) in [5.74, 6) is 0.640. The summed E-state index contributed by atoms with van der Waals surface area (Å²) < 4.78 is 18.2. The van der Waals surface area contributed by atoms with E-state index in [1.165, 1.54) is 29.1 Å². The number of aromatic nitrogens is 4. The highest BCUT2D eigenvalue weighted by atomic mass is 19.1. The first kappa shape index (κ1) is 20.2. The number of halogens is 1. The van der Waals surface area contributed by atoms with E-state index in [1.54, 1.807) is 7.11 Å². The number of aliphatic hydroxyl groups excluding tert-OH is 1. The van der Waals surface area contributed by atoms with E-state index in [-0.39, 0.29) is 13.2 Å². The van der Waals surface area contributed by atoms with Crippen molar-refractivity contribution in [3.63, 3.8) is 0 Å². The number of tetrazole rings is 1. The van der Waals surface area contributed by atoms with Gasteiger partial charge < -0.3 is 20.5 Å². The molecule has 0 aliphatic rings. The van der Waals surface area contributed by atoms with Gasteiger partial charge in [0, 0.05) is 12.1 Å². The first-order valence-electron chi connectivity index (χ1n) is 8.92. The average molecular weight is 400 g/mol. The molecule has 0 spiro atoms. The fourth-order valence-corrected chi connectivity index (χ4v) is 2.64. The van der Waals surface area contributed by atoms with Crippen LogP contribution in [0.1, 0.15) is 17.4 Å². The van der Waals surface area contributed by atoms with Crippen LogP contribution in [-0.2, 0) is 13.0 Å². The van der Waals surface area contributed by atoms with E-state index in [0.717, 1.165) is 11.3 Å². The van der Waals surface area contributed by atoms with Gasteiger partial charge >= 0.3 is 6.03 Å². The number of amides is 2. The molecule has 2 amide bonds. The number of urea groups is 1. The minimum absolute atomic E-state index is 0.128. The van der Waals surface area contributed by atoms with E-state index in [9.17, 15) is 9.18 Å². The molecule has 1 aromatic heterocycles. The van der Waals surface area contributed by atoms with Crippen molar-refractivity contribution in [3.05, 3.63) is 65.7 Å². The molecule has 3 N–H and O–H groups in total. The van der Waals surface area contributed by atoms with Gasteiger partial charge in [-0.3, -0.25) is 0 Å². The number of rotatable bonds is 8. The summed E-state index contributed by atoms with van der Waals surface area (Å²) >= 11 is 0. The molecule has 29 heavy (non-hydrogen) atoms. The second kappa shape index (κ2) is 9.60. The van der Waals surface area contributed by atoms with Crippen LogP contribution >= 0.6 is 0 Å². The summed E-state index contributed by atoms with van der Waals surface area (Å²) in [5.41, 5.74) is 1.38. The van der Waals surface area contributed by atoms with Crippen LogP contribution < -0.4 is 15.4 Å². The lowest BCUT2D eigenvalue weighted by atomic mass is 10.1. The van der Waals surface area contributed by atoms with Gasteiger partial charge in [-0.2, -0.15) is 4.80 Å². The summed E-state index contributed by atoms with van der Waals surface area (Å²) in [7, 11) is 1.59. The van der Waals surface area contributed by atoms with Crippen LogP contribution in [0.15, 0.2) is 48.5 Å². The third-order valence-corrected chi connectivity index (χ3v) is 4.09. The molecule has 0 saturated heterocycles. The van der Waals surface area contributed by atoms with E-state index in [4.69, 9.17) is 9.84 Å². The molecule has 0 bridgehead atoms. The van der Waals surface area contributed by atoms with Gasteiger partial charge in [0.2, 0.25) is 0 Å². The SMILES string of the molecule is COc1ccc(CC(NC(=O)Nc2ccc(F)cc2)c2nnn(CCO)n2)cc1. The van der Waals surface area contributed by atoms with Crippen LogP contribution in [-0.4, -0.2) is 45.1 Å². The zero-order valence-corrected chi connectivity index (χ0v) is 15.7. The van der Waals surface area contributed by atoms with Crippen molar-refractivity contribution in [3.8, 4) is 5.75 Å². The number of carbonyl (C=O) groups excluding carboxylic acids is 1. The minimum atomic E-state index is -0.573. The van der Waals surface area contributed by atoms with Crippen molar-refractivity contribution in [2.45, 2.75) is 19.0 Å². The van der Waals surface area contributed by atoms with E-state index in [0.29, 0.717) is 17.9 Å². The van der Waals surface area contributed by atoms with Crippen molar-refractivity contribution in [2.24, 2.45) is 0 Å². The van der Waals surface area contributed by atoms with Crippen LogP contribution in [0.3, 0.4) is 0 Å². The van der Waals surface area contributed by atoms with Crippen LogP contribution in [0.2, 0.25) is 0 Å². The Balaban J connectivity index is 1.75. The molecule has 9 nitrogen and oxygen atoms in total. The number of nitrogens with zero attached hydrogens (tertiary/aromatic N) is 4. The number of hydrogen-bond acceptors (Lipinski definition) is 6. The summed E-state index contributed by atoms with van der Waals surface area (Å²) in [5, 5.41) is 26.6. The molecule has 0 aliphatic carbocycles. The number of aliphatic hydroxyl groups is 1. The number of carbonyl (C=O) groups is 1. The first-order valence-corrected chi connectivity index (χ1v) is 8.92. The second-order valence-electron chi connectivity index (χ2n) is 6.18. The molecule has 0 fully saturated rings. The number of hydrogen-bond donors (Lipinski definition) is 3. The third-order valence-electron chi connectivity index (χ3n) is 4.09. The zero-order valence-electron chi connectivity index (χ0n) is 15.7. The predicted molar refractivity (Wildman–Crippen MR) is 103 cm³/mol. The maximum atomic E-state index is 13.0. The minimum Gasteiger partial charge on any atom is -0.497 e. The van der Waals surface area contributed by atoms with Crippen molar-refractivity contribution < 1.29 is 19.0 Å². The topological polar surface area (TPSA) is 114 Å². The van der Waals surface area contributed by atoms with Gasteiger partial charge in [-0.05, 0) is 47.2 Å². The lowest BCUT2D eigenvalue weighted by molar-refractivity contribution is 0.247. The number of methoxy groups -OCH3 is 1. The fourth-order valence-electron chi connectivity index (χ4n) is 2.64. The van der Waals surface area contributed by atoms with Gasteiger partial charge in [-0.15, -0.1) is 10.2 Å². The highest BCUT2D eigenvalue weighted by Crippen LogP contribution is 2.18. The van der Waals surface area contributed by atoms with Crippen molar-refractivity contribution in [1.82, 2.24) is 25.5 Å². The lowest BCUT2D eigenvalue weighted by Crippen LogP contribution is -2.34. The highest BCUT2D eigenvalue weighted by molar-refractivity contribution is 5.89. The number of anilines is 1. The molecular formula is C19H21FN6O3. The Morgan fingerprint density at radius 1 is 1.21 bits per heavy atom. The Hall–Kier alpha value is -3.53. The molecule has 1 unspecified atom stereocenters. The molecular weight excluding hydrogens is 379 g/mol. The number of nitrogens with one attached hydrogen (secondary N) is 2. The molecule has 3 rings (SSSR count). The quantitative estimate of drug-likeness (QED) is 0.532. The van der Waals surface area contributed by atoms with Crippen LogP contribution in [0, 0.1) is 5.82 Å². The molecule has 0 aliphatic heterocycles. The maximum Gasteiger partial charge on any atom is 0.319 e. The standard InChI is InChI=1S/C19H21FN6O3/c1-29-16-8-2-13(3-9-16)12-17(18-23-25-26(24-18)10-11-27)22-19(28)21-15-6-4-14(20)5-7-15/h2-9,17,27H,10-12H2,1H3,(H2,21,22,28). The molecule has 0 radical (unpaired) electrons. The second-order valence-corrected chi connectivity index (χ2v) is 6.18. The normalized spacial score (nSPS) is 11.7. The van der Waals surface area contributed by atoms with Crippen LogP contribution in [0.4, 0.5) is 14.9 Å². The summed E-state index contributed by atoms with van der Waals surface area (Å²) in [6, 6.07) is 11.8. The van der Waals surface area contributed by atoms with Gasteiger partial charge in [0.1, 0.15) is 11.6 Å². The summed E-state index contributed by atoms with van der Waals surface area (Å²) in [4.78, 5) is 13.7. The fraction of sp³-hybridized carbons (Fsp3) is 0.263. The van der Waals surface area contributed by atoms with Crippen LogP contribution in [0.25, 0.3) is 0 Å². The van der Waals surface area contributed by atoms with E-state index in [2.05, 4.69) is 26.0 Å². The van der Waals surface area contributed by atoms with Gasteiger partial charge in [-0.1, -0.05) is 12.1 Å². The Morgan fingerprint density at radius 2 is 1.93 bits per heavy atom. The van der Waals surface area contributed by atoms with Crippen LogP contribution in [0.5, 0.6) is 5.75 Å². The molecule has 3 aromatic rings. The van der Waals surface area contributed by atoms with Gasteiger partial charge in [0.15, 0.2) is 5.82 Å². The van der Waals surface area contributed by atoms with E-state index >= 15 is 0 Å². The Kier molecular flexibility index (Phi) is 6.69. The molecule has 1 atom stereocenters. The van der Waals surface area contributed by atoms with Gasteiger partial charge in [0.05, 0.1) is 26.3 Å². The summed E-state index contributed by atoms with van der Waals surface area (Å²) in [6.07, 6.45) is 0.408. The highest BCUT2D eigenvalue weighted by Gasteiger charge is 2.21. The largest absolute Gasteiger partial charge is 0.497 e. The van der Waals surface area contributed by atoms with Crippen molar-refractivity contribution >= 4 is 11.7 Å².